The van der Waals surface area contributed by atoms with Crippen molar-refractivity contribution in [3.05, 3.63) is 48.0 Å². The minimum absolute atomic E-state index is 0.0179. The molecule has 2 aromatic heterocycles. The highest BCUT2D eigenvalue weighted by atomic mass is 16.3. The average molecular weight is 339 g/mol. The molecule has 1 saturated carbocycles. The lowest BCUT2D eigenvalue weighted by Gasteiger charge is -2.53. The Morgan fingerprint density at radius 2 is 2.12 bits per heavy atom. The summed E-state index contributed by atoms with van der Waals surface area (Å²) < 4.78 is 5.54. The van der Waals surface area contributed by atoms with E-state index >= 15 is 0 Å². The van der Waals surface area contributed by atoms with Gasteiger partial charge in [-0.3, -0.25) is 9.59 Å². The number of nitrogens with one attached hydrogen (secondary N) is 1. The third kappa shape index (κ3) is 2.92. The molecule has 0 spiro atoms. The molecule has 2 amide bonds. The van der Waals surface area contributed by atoms with E-state index in [1.54, 1.807) is 29.5 Å². The van der Waals surface area contributed by atoms with E-state index in [-0.39, 0.29) is 29.2 Å². The van der Waals surface area contributed by atoms with Crippen molar-refractivity contribution in [2.45, 2.75) is 32.7 Å². The van der Waals surface area contributed by atoms with Gasteiger partial charge in [-0.25, -0.2) is 4.98 Å². The molecule has 2 aromatic rings. The third-order valence-electron chi connectivity index (χ3n) is 4.91. The molecule has 2 fully saturated rings. The number of carbonyl (C=O) groups excluding carboxylic acids is 2. The molecule has 1 saturated heterocycles. The highest BCUT2D eigenvalue weighted by Gasteiger charge is 2.50. The number of likely N-dealkylation sites (tertiary alicyclic amines) is 1. The molecule has 4 rings (SSSR count). The molecule has 0 bridgehead atoms. The number of aromatic nitrogens is 1. The monoisotopic (exact) mass is 339 g/mol. The van der Waals surface area contributed by atoms with Crippen LogP contribution in [0.4, 0.5) is 5.82 Å². The molecule has 1 aliphatic heterocycles. The fourth-order valence-electron chi connectivity index (χ4n) is 3.47. The van der Waals surface area contributed by atoms with Crippen molar-refractivity contribution in [2.75, 3.05) is 11.9 Å². The molecule has 0 radical (unpaired) electrons. The summed E-state index contributed by atoms with van der Waals surface area (Å²) in [5, 5.41) is 2.79. The maximum absolute atomic E-state index is 12.9. The summed E-state index contributed by atoms with van der Waals surface area (Å²) in [5.74, 6) is 1.22. The van der Waals surface area contributed by atoms with Gasteiger partial charge in [-0.05, 0) is 37.1 Å². The number of nitrogens with zero attached hydrogens (tertiary/aromatic N) is 2. The first-order valence-electron chi connectivity index (χ1n) is 8.57. The Balaban J connectivity index is 1.53. The molecule has 1 unspecified atom stereocenters. The summed E-state index contributed by atoms with van der Waals surface area (Å²) in [5.41, 5.74) is 0.483. The fraction of sp³-hybridized carbons (Fsp3) is 0.421. The van der Waals surface area contributed by atoms with E-state index in [1.807, 2.05) is 12.1 Å². The highest BCUT2D eigenvalue weighted by Crippen LogP contribution is 2.49. The minimum Gasteiger partial charge on any atom is -0.467 e. The molecule has 6 heteroatoms. The van der Waals surface area contributed by atoms with Crippen LogP contribution >= 0.6 is 0 Å². The van der Waals surface area contributed by atoms with Crippen LogP contribution in [0.3, 0.4) is 0 Å². The van der Waals surface area contributed by atoms with Crippen molar-refractivity contribution < 1.29 is 14.0 Å². The SMILES string of the molecule is CC1(C)CN(C(=O)c2ccnc(NC(=O)C3CC3)c2)C1c1ccco1. The van der Waals surface area contributed by atoms with Crippen LogP contribution in [-0.2, 0) is 4.79 Å². The molecule has 130 valence electrons. The van der Waals surface area contributed by atoms with Gasteiger partial charge in [-0.1, -0.05) is 13.8 Å². The van der Waals surface area contributed by atoms with Crippen LogP contribution in [0.2, 0.25) is 0 Å². The van der Waals surface area contributed by atoms with Gasteiger partial charge in [0.15, 0.2) is 0 Å². The third-order valence-corrected chi connectivity index (χ3v) is 4.91. The van der Waals surface area contributed by atoms with Crippen LogP contribution in [0.25, 0.3) is 0 Å². The number of anilines is 1. The average Bonchev–Trinajstić information content (AvgIpc) is 3.31. The minimum atomic E-state index is -0.0901. The van der Waals surface area contributed by atoms with E-state index in [0.717, 1.165) is 18.6 Å². The quantitative estimate of drug-likeness (QED) is 0.928. The lowest BCUT2D eigenvalue weighted by Crippen LogP contribution is -2.57. The number of hydrogen-bond acceptors (Lipinski definition) is 4. The predicted octanol–water partition coefficient (Wildman–Crippen LogP) is 3.25. The zero-order valence-electron chi connectivity index (χ0n) is 14.4. The van der Waals surface area contributed by atoms with E-state index < -0.39 is 0 Å². The molecule has 2 aliphatic rings. The number of amides is 2. The van der Waals surface area contributed by atoms with Crippen molar-refractivity contribution in [3.8, 4) is 0 Å². The Morgan fingerprint density at radius 3 is 2.76 bits per heavy atom. The van der Waals surface area contributed by atoms with Crippen molar-refractivity contribution in [3.63, 3.8) is 0 Å². The number of pyridine rings is 1. The largest absolute Gasteiger partial charge is 0.467 e. The first-order chi connectivity index (χ1) is 12.0. The van der Waals surface area contributed by atoms with Crippen LogP contribution in [-0.4, -0.2) is 28.2 Å². The zero-order chi connectivity index (χ0) is 17.6. The molecule has 25 heavy (non-hydrogen) atoms. The van der Waals surface area contributed by atoms with Crippen LogP contribution in [0.15, 0.2) is 41.1 Å². The standard InChI is InChI=1S/C19H21N3O3/c1-19(2)11-22(16(19)14-4-3-9-25-14)18(24)13-7-8-20-15(10-13)21-17(23)12-5-6-12/h3-4,7-10,12,16H,5-6,11H2,1-2H3,(H,20,21,23). The smallest absolute Gasteiger partial charge is 0.254 e. The summed E-state index contributed by atoms with van der Waals surface area (Å²) in [6.07, 6.45) is 5.04. The second kappa shape index (κ2) is 5.72. The lowest BCUT2D eigenvalue weighted by atomic mass is 9.73. The van der Waals surface area contributed by atoms with Gasteiger partial charge < -0.3 is 14.6 Å². The second-order valence-corrected chi connectivity index (χ2v) is 7.53. The van der Waals surface area contributed by atoms with Gasteiger partial charge in [-0.2, -0.15) is 0 Å². The predicted molar refractivity (Wildman–Crippen MR) is 91.9 cm³/mol. The Kier molecular flexibility index (Phi) is 3.63. The van der Waals surface area contributed by atoms with Crippen molar-refractivity contribution in [1.29, 1.82) is 0 Å². The van der Waals surface area contributed by atoms with Gasteiger partial charge >= 0.3 is 0 Å². The van der Waals surface area contributed by atoms with Gasteiger partial charge in [0.2, 0.25) is 5.91 Å². The Labute approximate surface area is 146 Å². The van der Waals surface area contributed by atoms with Crippen LogP contribution < -0.4 is 5.32 Å². The van der Waals surface area contributed by atoms with Gasteiger partial charge in [0.05, 0.1) is 12.3 Å². The molecule has 1 atom stereocenters. The highest BCUT2D eigenvalue weighted by molar-refractivity contribution is 5.98. The molecule has 6 nitrogen and oxygen atoms in total. The summed E-state index contributed by atoms with van der Waals surface area (Å²) in [6.45, 7) is 4.90. The summed E-state index contributed by atoms with van der Waals surface area (Å²) in [4.78, 5) is 30.8. The van der Waals surface area contributed by atoms with Crippen molar-refractivity contribution in [1.82, 2.24) is 9.88 Å². The Bertz CT molecular complexity index is 809. The first-order valence-corrected chi connectivity index (χ1v) is 8.57. The molecule has 1 N–H and O–H groups in total. The van der Waals surface area contributed by atoms with Crippen LogP contribution in [0, 0.1) is 11.3 Å². The molecular weight excluding hydrogens is 318 g/mol. The van der Waals surface area contributed by atoms with Crippen molar-refractivity contribution >= 4 is 17.6 Å². The number of furan rings is 1. The first kappa shape index (κ1) is 15.9. The Hall–Kier alpha value is -2.63. The maximum atomic E-state index is 12.9. The van der Waals surface area contributed by atoms with Gasteiger partial charge in [-0.15, -0.1) is 0 Å². The fourth-order valence-corrected chi connectivity index (χ4v) is 3.47. The second-order valence-electron chi connectivity index (χ2n) is 7.53. The molecule has 1 aliphatic carbocycles. The van der Waals surface area contributed by atoms with Crippen LogP contribution in [0.1, 0.15) is 48.8 Å². The number of hydrogen-bond donors (Lipinski definition) is 1. The molecule has 3 heterocycles. The van der Waals surface area contributed by atoms with Gasteiger partial charge in [0.1, 0.15) is 11.6 Å². The number of carbonyl (C=O) groups is 2. The summed E-state index contributed by atoms with van der Waals surface area (Å²) >= 11 is 0. The van der Waals surface area contributed by atoms with E-state index in [4.69, 9.17) is 4.42 Å². The summed E-state index contributed by atoms with van der Waals surface area (Å²) in [6, 6.07) is 6.98. The number of rotatable bonds is 4. The topological polar surface area (TPSA) is 75.4 Å². The van der Waals surface area contributed by atoms with Crippen molar-refractivity contribution in [2.24, 2.45) is 11.3 Å². The normalized spacial score (nSPS) is 21.5. The lowest BCUT2D eigenvalue weighted by molar-refractivity contribution is -0.117. The molecule has 0 aromatic carbocycles. The molecular formula is C19H21N3O3. The van der Waals surface area contributed by atoms with Gasteiger partial charge in [0, 0.05) is 29.6 Å². The van der Waals surface area contributed by atoms with E-state index in [2.05, 4.69) is 24.1 Å². The maximum Gasteiger partial charge on any atom is 0.254 e. The van der Waals surface area contributed by atoms with Gasteiger partial charge in [0.25, 0.3) is 5.91 Å². The van der Waals surface area contributed by atoms with Crippen LogP contribution in [0.5, 0.6) is 0 Å². The van der Waals surface area contributed by atoms with E-state index in [0.29, 0.717) is 17.9 Å². The van der Waals surface area contributed by atoms with E-state index in [1.165, 1.54) is 0 Å². The summed E-state index contributed by atoms with van der Waals surface area (Å²) in [7, 11) is 0. The Morgan fingerprint density at radius 1 is 1.32 bits per heavy atom. The zero-order valence-corrected chi connectivity index (χ0v) is 14.4. The van der Waals surface area contributed by atoms with E-state index in [9.17, 15) is 9.59 Å².